The summed E-state index contributed by atoms with van der Waals surface area (Å²) in [5.41, 5.74) is 3.36. The van der Waals surface area contributed by atoms with Crippen LogP contribution in [0, 0.1) is 10.6 Å². The first-order valence-corrected chi connectivity index (χ1v) is 4.85. The lowest BCUT2D eigenvalue weighted by molar-refractivity contribution is 0.937. The predicted molar refractivity (Wildman–Crippen MR) is 58.2 cm³/mol. The molecule has 2 aromatic rings. The zero-order valence-corrected chi connectivity index (χ0v) is 9.16. The molecule has 0 saturated heterocycles. The Hall–Kier alpha value is -0.580. The second-order valence-electron chi connectivity index (χ2n) is 2.88. The maximum Gasteiger partial charge on any atom is 0.0895 e. The molecule has 0 aromatic carbocycles. The molecule has 0 spiro atoms. The molecule has 2 heterocycles. The maximum absolute atomic E-state index is 4.43. The van der Waals surface area contributed by atoms with Crippen molar-refractivity contribution in [3.05, 3.63) is 27.6 Å². The van der Waals surface area contributed by atoms with Gasteiger partial charge in [0.05, 0.1) is 14.7 Å². The molecule has 0 saturated carbocycles. The van der Waals surface area contributed by atoms with Crippen LogP contribution in [0.15, 0.2) is 18.2 Å². The monoisotopic (exact) mass is 272 g/mol. The maximum atomic E-state index is 4.43. The Morgan fingerprint density at radius 1 is 1.42 bits per heavy atom. The average molecular weight is 272 g/mol. The molecule has 0 unspecified atom stereocenters. The second-order valence-corrected chi connectivity index (χ2v) is 3.99. The zero-order chi connectivity index (χ0) is 8.72. The van der Waals surface area contributed by atoms with Crippen molar-refractivity contribution in [3.8, 4) is 0 Å². The van der Waals surface area contributed by atoms with Crippen LogP contribution in [0.25, 0.3) is 11.0 Å². The Kier molecular flexibility index (Phi) is 1.83. The molecule has 62 valence electrons. The van der Waals surface area contributed by atoms with Gasteiger partial charge in [-0.2, -0.15) is 0 Å². The van der Waals surface area contributed by atoms with Crippen molar-refractivity contribution in [2.45, 2.75) is 6.92 Å². The summed E-state index contributed by atoms with van der Waals surface area (Å²) >= 11 is 2.31. The van der Waals surface area contributed by atoms with E-state index in [1.165, 1.54) is 9.22 Å². The molecule has 12 heavy (non-hydrogen) atoms. The number of hydrogen-bond acceptors (Lipinski definition) is 1. The highest BCUT2D eigenvalue weighted by atomic mass is 127. The summed E-state index contributed by atoms with van der Waals surface area (Å²) < 4.78 is 3.36. The van der Waals surface area contributed by atoms with Crippen molar-refractivity contribution in [2.75, 3.05) is 0 Å². The molecule has 2 nitrogen and oxygen atoms in total. The standard InChI is InChI=1S/C9H9IN2/c1-6-3-4-8-7(11-6)5-9(10)12(8)2/h3-5H,1-2H3. The van der Waals surface area contributed by atoms with Gasteiger partial charge < -0.3 is 4.57 Å². The molecule has 0 aliphatic carbocycles. The third kappa shape index (κ3) is 1.12. The number of halogens is 1. The summed E-state index contributed by atoms with van der Waals surface area (Å²) in [7, 11) is 2.06. The minimum Gasteiger partial charge on any atom is -0.338 e. The van der Waals surface area contributed by atoms with Gasteiger partial charge in [-0.15, -0.1) is 0 Å². The predicted octanol–water partition coefficient (Wildman–Crippen LogP) is 2.49. The molecule has 0 bridgehead atoms. The number of aryl methyl sites for hydroxylation is 2. The normalized spacial score (nSPS) is 10.9. The molecular weight excluding hydrogens is 263 g/mol. The summed E-state index contributed by atoms with van der Waals surface area (Å²) in [6.45, 7) is 2.01. The Bertz CT molecular complexity index is 431. The number of nitrogens with zero attached hydrogens (tertiary/aromatic N) is 2. The van der Waals surface area contributed by atoms with Gasteiger partial charge in [0.2, 0.25) is 0 Å². The molecule has 3 heteroatoms. The number of fused-ring (bicyclic) bond motifs is 1. The van der Waals surface area contributed by atoms with Crippen molar-refractivity contribution >= 4 is 33.6 Å². The van der Waals surface area contributed by atoms with Crippen LogP contribution in [0.3, 0.4) is 0 Å². The van der Waals surface area contributed by atoms with Gasteiger partial charge in [-0.3, -0.25) is 4.98 Å². The highest BCUT2D eigenvalue weighted by Gasteiger charge is 2.02. The minimum atomic E-state index is 1.07. The molecule has 0 aliphatic rings. The van der Waals surface area contributed by atoms with Gasteiger partial charge in [-0.05, 0) is 47.7 Å². The fourth-order valence-electron chi connectivity index (χ4n) is 1.28. The molecular formula is C9H9IN2. The molecule has 0 aliphatic heterocycles. The lowest BCUT2D eigenvalue weighted by Crippen LogP contribution is -1.89. The summed E-state index contributed by atoms with van der Waals surface area (Å²) in [6, 6.07) is 6.25. The lowest BCUT2D eigenvalue weighted by Gasteiger charge is -1.96. The van der Waals surface area contributed by atoms with Gasteiger partial charge in [0.25, 0.3) is 0 Å². The molecule has 0 amide bonds. The van der Waals surface area contributed by atoms with E-state index < -0.39 is 0 Å². The van der Waals surface area contributed by atoms with E-state index in [1.54, 1.807) is 0 Å². The lowest BCUT2D eigenvalue weighted by atomic mass is 10.3. The van der Waals surface area contributed by atoms with E-state index in [1.807, 2.05) is 13.0 Å². The highest BCUT2D eigenvalue weighted by Crippen LogP contribution is 2.18. The van der Waals surface area contributed by atoms with E-state index in [4.69, 9.17) is 0 Å². The quantitative estimate of drug-likeness (QED) is 0.674. The summed E-state index contributed by atoms with van der Waals surface area (Å²) in [5.74, 6) is 0. The summed E-state index contributed by atoms with van der Waals surface area (Å²) in [4.78, 5) is 4.43. The first-order chi connectivity index (χ1) is 5.68. The van der Waals surface area contributed by atoms with Crippen molar-refractivity contribution in [1.29, 1.82) is 0 Å². The van der Waals surface area contributed by atoms with Crippen molar-refractivity contribution < 1.29 is 0 Å². The van der Waals surface area contributed by atoms with Crippen LogP contribution in [0.1, 0.15) is 5.69 Å². The third-order valence-corrected chi connectivity index (χ3v) is 3.01. The largest absolute Gasteiger partial charge is 0.338 e. The van der Waals surface area contributed by atoms with E-state index in [2.05, 4.69) is 51.3 Å². The topological polar surface area (TPSA) is 17.8 Å². The molecule has 0 fully saturated rings. The first-order valence-electron chi connectivity index (χ1n) is 3.77. The average Bonchev–Trinajstić information content (AvgIpc) is 2.28. The van der Waals surface area contributed by atoms with Crippen molar-refractivity contribution in [3.63, 3.8) is 0 Å². The van der Waals surface area contributed by atoms with Crippen molar-refractivity contribution in [2.24, 2.45) is 7.05 Å². The van der Waals surface area contributed by atoms with Gasteiger partial charge >= 0.3 is 0 Å². The first kappa shape index (κ1) is 8.04. The van der Waals surface area contributed by atoms with E-state index in [0.29, 0.717) is 0 Å². The van der Waals surface area contributed by atoms with Crippen LogP contribution in [0.2, 0.25) is 0 Å². The summed E-state index contributed by atoms with van der Waals surface area (Å²) in [6.07, 6.45) is 0. The SMILES string of the molecule is Cc1ccc2c(cc(I)n2C)n1. The summed E-state index contributed by atoms with van der Waals surface area (Å²) in [5, 5.41) is 0. The van der Waals surface area contributed by atoms with Gasteiger partial charge in [0.1, 0.15) is 0 Å². The van der Waals surface area contributed by atoms with E-state index in [-0.39, 0.29) is 0 Å². The zero-order valence-electron chi connectivity index (χ0n) is 7.00. The van der Waals surface area contributed by atoms with Crippen LogP contribution in [-0.2, 0) is 7.05 Å². The van der Waals surface area contributed by atoms with Crippen LogP contribution in [-0.4, -0.2) is 9.55 Å². The van der Waals surface area contributed by atoms with E-state index in [9.17, 15) is 0 Å². The fourth-order valence-corrected chi connectivity index (χ4v) is 1.84. The van der Waals surface area contributed by atoms with Crippen LogP contribution < -0.4 is 0 Å². The number of rotatable bonds is 0. The Morgan fingerprint density at radius 2 is 2.17 bits per heavy atom. The molecule has 0 radical (unpaired) electrons. The molecule has 2 aromatic heterocycles. The number of pyridine rings is 1. The molecule has 0 N–H and O–H groups in total. The van der Waals surface area contributed by atoms with Gasteiger partial charge in [0.15, 0.2) is 0 Å². The van der Waals surface area contributed by atoms with Crippen LogP contribution in [0.4, 0.5) is 0 Å². The van der Waals surface area contributed by atoms with Gasteiger partial charge in [0, 0.05) is 12.7 Å². The van der Waals surface area contributed by atoms with Crippen LogP contribution in [0.5, 0.6) is 0 Å². The Morgan fingerprint density at radius 3 is 2.92 bits per heavy atom. The fraction of sp³-hybridized carbons (Fsp3) is 0.222. The van der Waals surface area contributed by atoms with Gasteiger partial charge in [-0.1, -0.05) is 0 Å². The minimum absolute atomic E-state index is 1.07. The van der Waals surface area contributed by atoms with Crippen molar-refractivity contribution in [1.82, 2.24) is 9.55 Å². The molecule has 2 rings (SSSR count). The third-order valence-electron chi connectivity index (χ3n) is 1.98. The highest BCUT2D eigenvalue weighted by molar-refractivity contribution is 14.1. The van der Waals surface area contributed by atoms with E-state index in [0.717, 1.165) is 11.2 Å². The number of hydrogen-bond donors (Lipinski definition) is 0. The Balaban J connectivity index is 2.87. The number of aromatic nitrogens is 2. The Labute approximate surface area is 84.7 Å². The molecule has 0 atom stereocenters. The smallest absolute Gasteiger partial charge is 0.0895 e. The second kappa shape index (κ2) is 2.73. The van der Waals surface area contributed by atoms with Gasteiger partial charge in [-0.25, -0.2) is 0 Å². The van der Waals surface area contributed by atoms with Crippen LogP contribution >= 0.6 is 22.6 Å². The van der Waals surface area contributed by atoms with E-state index >= 15 is 0 Å².